The molecule has 126 valence electrons. The molecule has 0 aliphatic carbocycles. The fourth-order valence-corrected chi connectivity index (χ4v) is 3.67. The third-order valence-electron chi connectivity index (χ3n) is 4.64. The largest absolute Gasteiger partial charge is 0.486 e. The lowest BCUT2D eigenvalue weighted by Crippen LogP contribution is -2.50. The Kier molecular flexibility index (Phi) is 4.97. The van der Waals surface area contributed by atoms with Crippen LogP contribution < -0.4 is 9.47 Å². The molecule has 0 bridgehead atoms. The van der Waals surface area contributed by atoms with E-state index in [2.05, 4.69) is 6.92 Å². The molecule has 2 heterocycles. The Hall–Kier alpha value is -1.46. The van der Waals surface area contributed by atoms with Gasteiger partial charge in [-0.15, -0.1) is 0 Å². The van der Waals surface area contributed by atoms with Gasteiger partial charge in [0, 0.05) is 6.54 Å². The maximum Gasteiger partial charge on any atom is 0.227 e. The van der Waals surface area contributed by atoms with Gasteiger partial charge >= 0.3 is 0 Å². The maximum absolute atomic E-state index is 12.7. The van der Waals surface area contributed by atoms with Crippen molar-refractivity contribution in [3.63, 3.8) is 0 Å². The number of nitrogens with zero attached hydrogens (tertiary/aromatic N) is 1. The Balaban J connectivity index is 1.76. The third-order valence-corrected chi connectivity index (χ3v) is 4.92. The Morgan fingerprint density at radius 3 is 2.96 bits per heavy atom. The number of rotatable bonds is 3. The molecule has 0 saturated carbocycles. The molecule has 1 fully saturated rings. The molecule has 2 atom stereocenters. The van der Waals surface area contributed by atoms with Crippen LogP contribution in [0.25, 0.3) is 0 Å². The smallest absolute Gasteiger partial charge is 0.227 e. The molecule has 0 radical (unpaired) electrons. The Morgan fingerprint density at radius 2 is 2.17 bits per heavy atom. The SMILES string of the molecule is C[C@@H]1CCCN(C(=O)Cc2cc(Cl)c3c(c2)OCCO3)[C@@H]1CO. The summed E-state index contributed by atoms with van der Waals surface area (Å²) in [5.41, 5.74) is 0.805. The van der Waals surface area contributed by atoms with Crippen molar-refractivity contribution >= 4 is 17.5 Å². The zero-order valence-electron chi connectivity index (χ0n) is 13.3. The van der Waals surface area contributed by atoms with Crippen molar-refractivity contribution in [2.75, 3.05) is 26.4 Å². The first-order valence-corrected chi connectivity index (χ1v) is 8.46. The van der Waals surface area contributed by atoms with E-state index in [0.29, 0.717) is 42.2 Å². The van der Waals surface area contributed by atoms with Crippen LogP contribution in [0.1, 0.15) is 25.3 Å². The number of carbonyl (C=O) groups is 1. The van der Waals surface area contributed by atoms with Crippen LogP contribution in [-0.2, 0) is 11.2 Å². The minimum atomic E-state index is -0.0936. The predicted octanol–water partition coefficient (Wildman–Crippen LogP) is 2.27. The molecule has 23 heavy (non-hydrogen) atoms. The molecule has 6 heteroatoms. The molecular weight excluding hydrogens is 318 g/mol. The van der Waals surface area contributed by atoms with Crippen LogP contribution in [-0.4, -0.2) is 48.3 Å². The highest BCUT2D eigenvalue weighted by atomic mass is 35.5. The van der Waals surface area contributed by atoms with E-state index in [9.17, 15) is 9.90 Å². The first-order chi connectivity index (χ1) is 11.1. The Labute approximate surface area is 141 Å². The van der Waals surface area contributed by atoms with Gasteiger partial charge in [-0.25, -0.2) is 0 Å². The predicted molar refractivity (Wildman–Crippen MR) is 87.1 cm³/mol. The van der Waals surface area contributed by atoms with Crippen molar-refractivity contribution in [2.24, 2.45) is 5.92 Å². The number of aliphatic hydroxyl groups is 1. The second kappa shape index (κ2) is 6.97. The molecule has 3 rings (SSSR count). The van der Waals surface area contributed by atoms with Gasteiger partial charge in [0.05, 0.1) is 24.1 Å². The molecule has 1 N–H and O–H groups in total. The molecule has 1 aromatic rings. The summed E-state index contributed by atoms with van der Waals surface area (Å²) < 4.78 is 11.1. The number of likely N-dealkylation sites (tertiary alicyclic amines) is 1. The van der Waals surface area contributed by atoms with Crippen molar-refractivity contribution in [2.45, 2.75) is 32.2 Å². The van der Waals surface area contributed by atoms with Crippen LogP contribution in [0.15, 0.2) is 12.1 Å². The van der Waals surface area contributed by atoms with E-state index >= 15 is 0 Å². The van der Waals surface area contributed by atoms with Crippen molar-refractivity contribution in [3.05, 3.63) is 22.7 Å². The van der Waals surface area contributed by atoms with E-state index in [0.717, 1.165) is 18.4 Å². The van der Waals surface area contributed by atoms with E-state index in [1.54, 1.807) is 11.0 Å². The summed E-state index contributed by atoms with van der Waals surface area (Å²) in [6, 6.07) is 3.48. The topological polar surface area (TPSA) is 59.0 Å². The van der Waals surface area contributed by atoms with Gasteiger partial charge < -0.3 is 19.5 Å². The summed E-state index contributed by atoms with van der Waals surface area (Å²) in [7, 11) is 0. The minimum absolute atomic E-state index is 0.00873. The van der Waals surface area contributed by atoms with E-state index < -0.39 is 0 Å². The first kappa shape index (κ1) is 16.4. The van der Waals surface area contributed by atoms with Gasteiger partial charge in [-0.2, -0.15) is 0 Å². The highest BCUT2D eigenvalue weighted by Crippen LogP contribution is 2.38. The Bertz CT molecular complexity index is 592. The number of fused-ring (bicyclic) bond motifs is 1. The number of halogens is 1. The van der Waals surface area contributed by atoms with Gasteiger partial charge in [0.2, 0.25) is 5.91 Å². The second-order valence-corrected chi connectivity index (χ2v) is 6.64. The molecule has 2 aliphatic heterocycles. The summed E-state index contributed by atoms with van der Waals surface area (Å²) in [5, 5.41) is 10.1. The molecule has 0 unspecified atom stereocenters. The van der Waals surface area contributed by atoms with Gasteiger partial charge in [-0.1, -0.05) is 18.5 Å². The normalized spacial score (nSPS) is 23.7. The lowest BCUT2D eigenvalue weighted by Gasteiger charge is -2.39. The van der Waals surface area contributed by atoms with E-state index in [1.165, 1.54) is 0 Å². The van der Waals surface area contributed by atoms with Crippen molar-refractivity contribution in [3.8, 4) is 11.5 Å². The standard InChI is InChI=1S/C17H22ClNO4/c1-11-3-2-4-19(14(11)10-20)16(21)9-12-7-13(18)17-15(8-12)22-5-6-23-17/h7-8,11,14,20H,2-6,9-10H2,1H3/t11-,14-/m1/s1. The highest BCUT2D eigenvalue weighted by Gasteiger charge is 2.31. The van der Waals surface area contributed by atoms with Crippen LogP contribution in [0.4, 0.5) is 0 Å². The summed E-state index contributed by atoms with van der Waals surface area (Å²) in [6.07, 6.45) is 2.27. The molecule has 5 nitrogen and oxygen atoms in total. The second-order valence-electron chi connectivity index (χ2n) is 6.24. The number of benzene rings is 1. The molecule has 2 aliphatic rings. The molecular formula is C17H22ClNO4. The summed E-state index contributed by atoms with van der Waals surface area (Å²) >= 11 is 6.23. The van der Waals surface area contributed by atoms with Crippen LogP contribution in [0, 0.1) is 5.92 Å². The van der Waals surface area contributed by atoms with Gasteiger partial charge in [0.1, 0.15) is 13.2 Å². The number of carbonyl (C=O) groups excluding carboxylic acids is 1. The fraction of sp³-hybridized carbons (Fsp3) is 0.588. The molecule has 0 aromatic heterocycles. The number of hydrogen-bond donors (Lipinski definition) is 1. The summed E-state index contributed by atoms with van der Waals surface area (Å²) in [6.45, 7) is 3.76. The number of amides is 1. The van der Waals surface area contributed by atoms with Crippen molar-refractivity contribution in [1.29, 1.82) is 0 Å². The molecule has 1 aromatic carbocycles. The number of piperidine rings is 1. The lowest BCUT2D eigenvalue weighted by atomic mass is 9.91. The van der Waals surface area contributed by atoms with Crippen molar-refractivity contribution in [1.82, 2.24) is 4.90 Å². The average molecular weight is 340 g/mol. The van der Waals surface area contributed by atoms with Gasteiger partial charge in [0.25, 0.3) is 0 Å². The number of hydrogen-bond acceptors (Lipinski definition) is 4. The first-order valence-electron chi connectivity index (χ1n) is 8.08. The monoisotopic (exact) mass is 339 g/mol. The Morgan fingerprint density at radius 1 is 1.39 bits per heavy atom. The van der Waals surface area contributed by atoms with Crippen molar-refractivity contribution < 1.29 is 19.4 Å². The minimum Gasteiger partial charge on any atom is -0.486 e. The number of ether oxygens (including phenoxy) is 2. The van der Waals surface area contributed by atoms with E-state index in [4.69, 9.17) is 21.1 Å². The average Bonchev–Trinajstić information content (AvgIpc) is 2.54. The summed E-state index contributed by atoms with van der Waals surface area (Å²) in [4.78, 5) is 14.5. The molecule has 1 amide bonds. The zero-order valence-corrected chi connectivity index (χ0v) is 14.0. The van der Waals surface area contributed by atoms with Crippen LogP contribution >= 0.6 is 11.6 Å². The fourth-order valence-electron chi connectivity index (χ4n) is 3.38. The van der Waals surface area contributed by atoms with Gasteiger partial charge in [-0.3, -0.25) is 4.79 Å². The zero-order chi connectivity index (χ0) is 16.4. The van der Waals surface area contributed by atoms with E-state index in [1.807, 2.05) is 6.07 Å². The molecule has 0 spiro atoms. The highest BCUT2D eigenvalue weighted by molar-refractivity contribution is 6.32. The van der Waals surface area contributed by atoms with Crippen LogP contribution in [0.2, 0.25) is 5.02 Å². The molecule has 1 saturated heterocycles. The van der Waals surface area contributed by atoms with Crippen LogP contribution in [0.5, 0.6) is 11.5 Å². The lowest BCUT2D eigenvalue weighted by molar-refractivity contribution is -0.136. The quantitative estimate of drug-likeness (QED) is 0.917. The van der Waals surface area contributed by atoms with Gasteiger partial charge in [-0.05, 0) is 36.5 Å². The maximum atomic E-state index is 12.7. The van der Waals surface area contributed by atoms with E-state index in [-0.39, 0.29) is 25.0 Å². The number of aliphatic hydroxyl groups excluding tert-OH is 1. The van der Waals surface area contributed by atoms with Gasteiger partial charge in [0.15, 0.2) is 11.5 Å². The third kappa shape index (κ3) is 3.40. The summed E-state index contributed by atoms with van der Waals surface area (Å²) in [5.74, 6) is 1.48. The van der Waals surface area contributed by atoms with Crippen LogP contribution in [0.3, 0.4) is 0 Å².